The van der Waals surface area contributed by atoms with Crippen molar-refractivity contribution in [3.8, 4) is 5.88 Å². The fourth-order valence-corrected chi connectivity index (χ4v) is 1.19. The van der Waals surface area contributed by atoms with Gasteiger partial charge in [-0.15, -0.1) is 13.2 Å². The van der Waals surface area contributed by atoms with E-state index in [1.165, 1.54) is 0 Å². The highest BCUT2D eigenvalue weighted by Crippen LogP contribution is 2.28. The summed E-state index contributed by atoms with van der Waals surface area (Å²) in [4.78, 5) is 3.36. The molecule has 5 N–H and O–H groups in total. The summed E-state index contributed by atoms with van der Waals surface area (Å²) in [6.07, 6.45) is -3.87. The van der Waals surface area contributed by atoms with Crippen molar-refractivity contribution >= 4 is 5.69 Å². The summed E-state index contributed by atoms with van der Waals surface area (Å²) in [6.45, 7) is -0.797. The molecule has 1 aromatic heterocycles. The van der Waals surface area contributed by atoms with Crippen LogP contribution < -0.4 is 16.2 Å². The van der Waals surface area contributed by atoms with E-state index in [9.17, 15) is 13.2 Å². The largest absolute Gasteiger partial charge is 0.574 e. The Morgan fingerprint density at radius 1 is 1.38 bits per heavy atom. The van der Waals surface area contributed by atoms with Crippen molar-refractivity contribution in [2.75, 3.05) is 5.73 Å². The van der Waals surface area contributed by atoms with Crippen LogP contribution in [0.3, 0.4) is 0 Å². The Bertz CT molecular complexity index is 382. The minimum Gasteiger partial charge on any atom is -0.397 e. The van der Waals surface area contributed by atoms with Gasteiger partial charge in [-0.05, 0) is 0 Å². The number of nitrogens with two attached hydrogens (primary N) is 2. The number of ether oxygens (including phenoxy) is 1. The molecule has 1 heterocycles. The summed E-state index contributed by atoms with van der Waals surface area (Å²) in [5.74, 6) is -0.732. The molecule has 1 rings (SSSR count). The highest BCUT2D eigenvalue weighted by Gasteiger charge is 2.33. The Balaban J connectivity index is 3.19. The number of nitrogens with zero attached hydrogens (tertiary/aromatic N) is 1. The van der Waals surface area contributed by atoms with Crippen LogP contribution in [-0.2, 0) is 13.2 Å². The van der Waals surface area contributed by atoms with E-state index in [1.807, 2.05) is 0 Å². The Morgan fingerprint density at radius 2 is 2.00 bits per heavy atom. The third-order valence-corrected chi connectivity index (χ3v) is 1.87. The van der Waals surface area contributed by atoms with Gasteiger partial charge in [-0.2, -0.15) is 0 Å². The molecule has 16 heavy (non-hydrogen) atoms. The molecule has 0 saturated heterocycles. The first-order valence-corrected chi connectivity index (χ1v) is 4.22. The predicted molar refractivity (Wildman–Crippen MR) is 49.1 cm³/mol. The molecule has 0 atom stereocenters. The molecule has 0 amide bonds. The fraction of sp³-hybridized carbons (Fsp3) is 0.375. The number of pyridine rings is 1. The summed E-state index contributed by atoms with van der Waals surface area (Å²) < 4.78 is 39.6. The smallest absolute Gasteiger partial charge is 0.397 e. The number of rotatable bonds is 3. The van der Waals surface area contributed by atoms with Gasteiger partial charge in [0.25, 0.3) is 0 Å². The molecule has 0 saturated carbocycles. The van der Waals surface area contributed by atoms with E-state index < -0.39 is 18.8 Å². The molecule has 0 fully saturated rings. The molecule has 0 aliphatic rings. The SMILES string of the molecule is NCc1c(N)cnc(OC(F)(F)F)c1CO. The Hall–Kier alpha value is -1.54. The third kappa shape index (κ3) is 2.74. The topological polar surface area (TPSA) is 94.4 Å². The van der Waals surface area contributed by atoms with Gasteiger partial charge in [0.2, 0.25) is 5.88 Å². The summed E-state index contributed by atoms with van der Waals surface area (Å²) in [5, 5.41) is 8.95. The highest BCUT2D eigenvalue weighted by atomic mass is 19.4. The lowest BCUT2D eigenvalue weighted by Crippen LogP contribution is -2.20. The number of alkyl halides is 3. The molecule has 5 nitrogen and oxygen atoms in total. The van der Waals surface area contributed by atoms with Crippen LogP contribution >= 0.6 is 0 Å². The minimum absolute atomic E-state index is 0.112. The minimum atomic E-state index is -4.88. The maximum Gasteiger partial charge on any atom is 0.574 e. The molecule has 0 radical (unpaired) electrons. The second-order valence-electron chi connectivity index (χ2n) is 2.89. The number of hydrogen-bond donors (Lipinski definition) is 3. The normalized spacial score (nSPS) is 11.6. The number of aliphatic hydroxyl groups is 1. The number of hydrogen-bond acceptors (Lipinski definition) is 5. The zero-order chi connectivity index (χ0) is 12.3. The average molecular weight is 237 g/mol. The second kappa shape index (κ2) is 4.54. The molecular formula is C8H10F3N3O2. The zero-order valence-electron chi connectivity index (χ0n) is 8.08. The maximum atomic E-state index is 12.0. The number of anilines is 1. The molecule has 90 valence electrons. The lowest BCUT2D eigenvalue weighted by atomic mass is 10.1. The van der Waals surface area contributed by atoms with Crippen molar-refractivity contribution in [1.29, 1.82) is 0 Å². The number of halogens is 3. The van der Waals surface area contributed by atoms with Gasteiger partial charge in [-0.3, -0.25) is 0 Å². The molecule has 0 aliphatic heterocycles. The van der Waals surface area contributed by atoms with Crippen molar-refractivity contribution in [1.82, 2.24) is 4.98 Å². The molecule has 0 aromatic carbocycles. The van der Waals surface area contributed by atoms with Gasteiger partial charge >= 0.3 is 6.36 Å². The zero-order valence-corrected chi connectivity index (χ0v) is 8.08. The van der Waals surface area contributed by atoms with Crippen molar-refractivity contribution in [2.45, 2.75) is 19.5 Å². The second-order valence-corrected chi connectivity index (χ2v) is 2.89. The van der Waals surface area contributed by atoms with Crippen molar-refractivity contribution < 1.29 is 23.0 Å². The lowest BCUT2D eigenvalue weighted by molar-refractivity contribution is -0.276. The van der Waals surface area contributed by atoms with E-state index in [0.29, 0.717) is 0 Å². The van der Waals surface area contributed by atoms with E-state index in [-0.39, 0.29) is 23.4 Å². The van der Waals surface area contributed by atoms with Crippen molar-refractivity contribution in [3.63, 3.8) is 0 Å². The molecule has 8 heteroatoms. The quantitative estimate of drug-likeness (QED) is 0.712. The molecular weight excluding hydrogens is 227 g/mol. The first kappa shape index (κ1) is 12.5. The molecule has 1 aromatic rings. The molecule has 0 spiro atoms. The Morgan fingerprint density at radius 3 is 2.44 bits per heavy atom. The molecule has 0 aliphatic carbocycles. The van der Waals surface area contributed by atoms with E-state index in [4.69, 9.17) is 16.6 Å². The first-order chi connectivity index (χ1) is 7.39. The predicted octanol–water partition coefficient (Wildman–Crippen LogP) is 0.513. The van der Waals surface area contributed by atoms with E-state index in [2.05, 4.69) is 9.72 Å². The summed E-state index contributed by atoms with van der Waals surface area (Å²) in [6, 6.07) is 0. The van der Waals surface area contributed by atoms with Gasteiger partial charge in [0.15, 0.2) is 0 Å². The Kier molecular flexibility index (Phi) is 3.55. The maximum absolute atomic E-state index is 12.0. The van der Waals surface area contributed by atoms with E-state index >= 15 is 0 Å². The van der Waals surface area contributed by atoms with Crippen LogP contribution in [0.5, 0.6) is 5.88 Å². The summed E-state index contributed by atoms with van der Waals surface area (Å²) in [7, 11) is 0. The number of aromatic nitrogens is 1. The van der Waals surface area contributed by atoms with Gasteiger partial charge in [0.1, 0.15) is 0 Å². The Labute approximate surface area is 88.8 Å². The first-order valence-electron chi connectivity index (χ1n) is 4.22. The van der Waals surface area contributed by atoms with Gasteiger partial charge in [0.05, 0.1) is 18.5 Å². The number of aliphatic hydroxyl groups excluding tert-OH is 1. The number of nitrogen functional groups attached to an aromatic ring is 1. The van der Waals surface area contributed by atoms with Crippen LogP contribution in [-0.4, -0.2) is 16.5 Å². The van der Waals surface area contributed by atoms with Gasteiger partial charge in [-0.1, -0.05) is 0 Å². The molecule has 0 unspecified atom stereocenters. The monoisotopic (exact) mass is 237 g/mol. The van der Waals surface area contributed by atoms with Crippen molar-refractivity contribution in [3.05, 3.63) is 17.3 Å². The highest BCUT2D eigenvalue weighted by molar-refractivity contribution is 5.52. The van der Waals surface area contributed by atoms with Crippen LogP contribution in [0.1, 0.15) is 11.1 Å². The van der Waals surface area contributed by atoms with Crippen LogP contribution in [0.4, 0.5) is 18.9 Å². The molecule has 0 bridgehead atoms. The van der Waals surface area contributed by atoms with Gasteiger partial charge in [-0.25, -0.2) is 4.98 Å². The fourth-order valence-electron chi connectivity index (χ4n) is 1.19. The van der Waals surface area contributed by atoms with E-state index in [1.54, 1.807) is 0 Å². The summed E-state index contributed by atoms with van der Waals surface area (Å²) in [5.41, 5.74) is 10.9. The van der Waals surface area contributed by atoms with E-state index in [0.717, 1.165) is 6.20 Å². The third-order valence-electron chi connectivity index (χ3n) is 1.87. The van der Waals surface area contributed by atoms with Gasteiger partial charge < -0.3 is 21.3 Å². The van der Waals surface area contributed by atoms with Gasteiger partial charge in [0, 0.05) is 17.7 Å². The van der Waals surface area contributed by atoms with Crippen LogP contribution in [0, 0.1) is 0 Å². The van der Waals surface area contributed by atoms with Crippen LogP contribution in [0.2, 0.25) is 0 Å². The standard InChI is InChI=1S/C8H10F3N3O2/c9-8(10,11)16-7-5(3-15)4(1-12)6(13)2-14-7/h2,15H,1,3,12-13H2. The van der Waals surface area contributed by atoms with Crippen molar-refractivity contribution in [2.24, 2.45) is 5.73 Å². The van der Waals surface area contributed by atoms with Crippen LogP contribution in [0.25, 0.3) is 0 Å². The van der Waals surface area contributed by atoms with Crippen LogP contribution in [0.15, 0.2) is 6.20 Å². The average Bonchev–Trinajstić information content (AvgIpc) is 2.18. The summed E-state index contributed by atoms with van der Waals surface area (Å²) >= 11 is 0. The lowest BCUT2D eigenvalue weighted by Gasteiger charge is -2.14.